The minimum absolute atomic E-state index is 0.0300. The Hall–Kier alpha value is -3.16. The number of nitrogens with zero attached hydrogens (tertiary/aromatic N) is 3. The summed E-state index contributed by atoms with van der Waals surface area (Å²) in [7, 11) is 0. The zero-order valence-electron chi connectivity index (χ0n) is 16.4. The van der Waals surface area contributed by atoms with Gasteiger partial charge in [0.2, 0.25) is 0 Å². The van der Waals surface area contributed by atoms with Crippen molar-refractivity contribution in [2.45, 2.75) is 44.8 Å². The van der Waals surface area contributed by atoms with Gasteiger partial charge in [0.15, 0.2) is 0 Å². The second-order valence-electron chi connectivity index (χ2n) is 7.50. The highest BCUT2D eigenvalue weighted by Gasteiger charge is 2.30. The van der Waals surface area contributed by atoms with E-state index in [9.17, 15) is 18.0 Å². The minimum atomic E-state index is -4.41. The summed E-state index contributed by atoms with van der Waals surface area (Å²) < 4.78 is 40.0. The smallest absolute Gasteiger partial charge is 0.379 e. The number of allylic oxidation sites excluding steroid dienone is 4. The van der Waals surface area contributed by atoms with Crippen molar-refractivity contribution in [1.29, 1.82) is 0 Å². The first-order chi connectivity index (χ1) is 14.3. The molecule has 0 spiro atoms. The maximum atomic E-state index is 12.9. The van der Waals surface area contributed by atoms with Gasteiger partial charge in [0, 0.05) is 17.7 Å². The molecule has 1 unspecified atom stereocenters. The summed E-state index contributed by atoms with van der Waals surface area (Å²) in [6.45, 7) is 2.14. The summed E-state index contributed by atoms with van der Waals surface area (Å²) in [5, 5.41) is 7.50. The lowest BCUT2D eigenvalue weighted by Gasteiger charge is -2.14. The Morgan fingerprint density at radius 1 is 1.27 bits per heavy atom. The van der Waals surface area contributed by atoms with Crippen LogP contribution < -0.4 is 10.9 Å². The van der Waals surface area contributed by atoms with Crippen LogP contribution in [0.4, 0.5) is 18.9 Å². The van der Waals surface area contributed by atoms with E-state index in [-0.39, 0.29) is 18.0 Å². The maximum absolute atomic E-state index is 12.9. The zero-order chi connectivity index (χ0) is 21.3. The van der Waals surface area contributed by atoms with Crippen LogP contribution in [0.25, 0.3) is 0 Å². The molecule has 2 aromatic rings. The van der Waals surface area contributed by atoms with E-state index in [2.05, 4.69) is 21.5 Å². The highest BCUT2D eigenvalue weighted by Crippen LogP contribution is 2.31. The molecule has 30 heavy (non-hydrogen) atoms. The van der Waals surface area contributed by atoms with Crippen LogP contribution in [0.3, 0.4) is 0 Å². The van der Waals surface area contributed by atoms with Crippen molar-refractivity contribution in [3.05, 3.63) is 81.6 Å². The summed E-state index contributed by atoms with van der Waals surface area (Å²) in [5.74, 6) is 0.604. The number of hydrogen-bond acceptors (Lipinski definition) is 4. The van der Waals surface area contributed by atoms with E-state index in [4.69, 9.17) is 0 Å². The Morgan fingerprint density at radius 3 is 2.83 bits per heavy atom. The SMILES string of the molecule is CC1CCC(C2=CC=CC2)=Nn2c1nc(CNc1cccc(C(F)(F)F)c1)cc2=O. The predicted octanol–water partition coefficient (Wildman–Crippen LogP) is 4.86. The molecule has 2 aliphatic rings. The number of alkyl halides is 3. The van der Waals surface area contributed by atoms with Gasteiger partial charge >= 0.3 is 6.18 Å². The fourth-order valence-electron chi connectivity index (χ4n) is 3.59. The van der Waals surface area contributed by atoms with Crippen LogP contribution in [0, 0.1) is 0 Å². The number of fused-ring (bicyclic) bond motifs is 1. The zero-order valence-corrected chi connectivity index (χ0v) is 16.4. The van der Waals surface area contributed by atoms with Gasteiger partial charge in [0.25, 0.3) is 5.56 Å². The molecule has 4 rings (SSSR count). The van der Waals surface area contributed by atoms with Gasteiger partial charge in [0.1, 0.15) is 5.82 Å². The largest absolute Gasteiger partial charge is 0.416 e. The fraction of sp³-hybridized carbons (Fsp3) is 0.318. The molecule has 0 bridgehead atoms. The molecule has 1 aliphatic carbocycles. The highest BCUT2D eigenvalue weighted by atomic mass is 19.4. The first kappa shape index (κ1) is 20.1. The third-order valence-electron chi connectivity index (χ3n) is 5.26. The number of rotatable bonds is 4. The van der Waals surface area contributed by atoms with Crippen molar-refractivity contribution in [3.63, 3.8) is 0 Å². The molecule has 0 saturated carbocycles. The molecule has 2 heterocycles. The van der Waals surface area contributed by atoms with Crippen LogP contribution in [0.1, 0.15) is 49.2 Å². The summed E-state index contributed by atoms with van der Waals surface area (Å²) in [6.07, 6.45) is 4.02. The number of hydrogen-bond donors (Lipinski definition) is 1. The number of anilines is 1. The second-order valence-corrected chi connectivity index (χ2v) is 7.50. The number of halogens is 3. The third-order valence-corrected chi connectivity index (χ3v) is 5.26. The topological polar surface area (TPSA) is 59.3 Å². The van der Waals surface area contributed by atoms with Gasteiger partial charge in [-0.1, -0.05) is 31.2 Å². The van der Waals surface area contributed by atoms with Gasteiger partial charge in [-0.15, -0.1) is 0 Å². The van der Waals surface area contributed by atoms with Crippen LogP contribution >= 0.6 is 0 Å². The van der Waals surface area contributed by atoms with Gasteiger partial charge in [0.05, 0.1) is 23.5 Å². The lowest BCUT2D eigenvalue weighted by atomic mass is 9.99. The van der Waals surface area contributed by atoms with E-state index in [0.29, 0.717) is 17.2 Å². The van der Waals surface area contributed by atoms with Crippen molar-refractivity contribution in [2.24, 2.45) is 5.10 Å². The summed E-state index contributed by atoms with van der Waals surface area (Å²) in [6, 6.07) is 6.33. The molecule has 1 atom stereocenters. The fourth-order valence-corrected chi connectivity index (χ4v) is 3.59. The van der Waals surface area contributed by atoms with Gasteiger partial charge in [-0.05, 0) is 43.0 Å². The molecular formula is C22H21F3N4O. The van der Waals surface area contributed by atoms with Crippen molar-refractivity contribution < 1.29 is 13.2 Å². The van der Waals surface area contributed by atoms with Gasteiger partial charge in [-0.3, -0.25) is 4.79 Å². The van der Waals surface area contributed by atoms with E-state index in [1.807, 2.05) is 19.1 Å². The molecule has 1 N–H and O–H groups in total. The molecule has 0 saturated heterocycles. The van der Waals surface area contributed by atoms with Crippen molar-refractivity contribution >= 4 is 11.4 Å². The van der Waals surface area contributed by atoms with Crippen LogP contribution in [-0.2, 0) is 12.7 Å². The van der Waals surface area contributed by atoms with Crippen LogP contribution in [0.5, 0.6) is 0 Å². The van der Waals surface area contributed by atoms with Crippen LogP contribution in [0.2, 0.25) is 0 Å². The van der Waals surface area contributed by atoms with Crippen LogP contribution in [0.15, 0.2) is 64.0 Å². The van der Waals surface area contributed by atoms with Gasteiger partial charge in [-0.2, -0.15) is 22.9 Å². The summed E-state index contributed by atoms with van der Waals surface area (Å²) in [5.41, 5.74) is 1.76. The molecule has 0 amide bonds. The second kappa shape index (κ2) is 7.93. The van der Waals surface area contributed by atoms with Crippen molar-refractivity contribution in [2.75, 3.05) is 5.32 Å². The Labute approximate surface area is 171 Å². The quantitative estimate of drug-likeness (QED) is 0.777. The molecule has 0 radical (unpaired) electrons. The molecule has 1 aliphatic heterocycles. The van der Waals surface area contributed by atoms with E-state index < -0.39 is 11.7 Å². The molecular weight excluding hydrogens is 393 g/mol. The Balaban J connectivity index is 1.59. The van der Waals surface area contributed by atoms with E-state index in [1.165, 1.54) is 16.8 Å². The highest BCUT2D eigenvalue weighted by molar-refractivity contribution is 6.01. The standard InChI is InChI=1S/C22H21F3N4O/c1-14-9-10-19(15-5-2-3-6-15)28-29-20(30)12-18(27-21(14)29)13-26-17-8-4-7-16(11-17)22(23,24)25/h2-5,7-8,11-12,14,26H,6,9-10,13H2,1H3. The maximum Gasteiger partial charge on any atom is 0.416 e. The Morgan fingerprint density at radius 2 is 2.10 bits per heavy atom. The number of nitrogens with one attached hydrogen (secondary N) is 1. The normalized spacial score (nSPS) is 18.5. The molecule has 1 aromatic heterocycles. The predicted molar refractivity (Wildman–Crippen MR) is 110 cm³/mol. The molecule has 1 aromatic carbocycles. The average Bonchev–Trinajstić information content (AvgIpc) is 3.19. The van der Waals surface area contributed by atoms with Crippen molar-refractivity contribution in [3.8, 4) is 0 Å². The Kier molecular flexibility index (Phi) is 5.32. The van der Waals surface area contributed by atoms with Crippen LogP contribution in [-0.4, -0.2) is 15.4 Å². The van der Waals surface area contributed by atoms with Crippen molar-refractivity contribution in [1.82, 2.24) is 9.66 Å². The van der Waals surface area contributed by atoms with E-state index >= 15 is 0 Å². The first-order valence-corrected chi connectivity index (χ1v) is 9.79. The molecule has 8 heteroatoms. The monoisotopic (exact) mass is 414 g/mol. The summed E-state index contributed by atoms with van der Waals surface area (Å²) >= 11 is 0. The third kappa shape index (κ3) is 4.22. The van der Waals surface area contributed by atoms with Gasteiger partial charge in [-0.25, -0.2) is 4.98 Å². The lowest BCUT2D eigenvalue weighted by Crippen LogP contribution is -2.24. The molecule has 5 nitrogen and oxygen atoms in total. The number of aromatic nitrogens is 2. The Bertz CT molecular complexity index is 1110. The summed E-state index contributed by atoms with van der Waals surface area (Å²) in [4.78, 5) is 17.3. The van der Waals surface area contributed by atoms with E-state index in [1.54, 1.807) is 6.07 Å². The lowest BCUT2D eigenvalue weighted by molar-refractivity contribution is -0.137. The first-order valence-electron chi connectivity index (χ1n) is 9.79. The average molecular weight is 414 g/mol. The van der Waals surface area contributed by atoms with E-state index in [0.717, 1.165) is 42.7 Å². The molecule has 156 valence electrons. The van der Waals surface area contributed by atoms with Gasteiger partial charge < -0.3 is 5.32 Å². The number of benzene rings is 1. The molecule has 0 fully saturated rings. The minimum Gasteiger partial charge on any atom is -0.379 e.